The van der Waals surface area contributed by atoms with E-state index < -0.39 is 11.6 Å². The normalized spacial score (nSPS) is 11.8. The van der Waals surface area contributed by atoms with Crippen LogP contribution in [-0.2, 0) is 0 Å². The van der Waals surface area contributed by atoms with Gasteiger partial charge < -0.3 is 5.32 Å². The van der Waals surface area contributed by atoms with Crippen molar-refractivity contribution >= 4 is 15.9 Å². The number of rotatable bonds is 4. The SMILES string of the molecule is CC#CCCC(NC)c1ccc(F)c(F)c1Br. The van der Waals surface area contributed by atoms with Crippen molar-refractivity contribution in [1.29, 1.82) is 0 Å². The molecule has 0 aliphatic heterocycles. The summed E-state index contributed by atoms with van der Waals surface area (Å²) in [5.74, 6) is 4.08. The summed E-state index contributed by atoms with van der Waals surface area (Å²) in [4.78, 5) is 0. The van der Waals surface area contributed by atoms with Crippen molar-refractivity contribution in [3.8, 4) is 11.8 Å². The average Bonchev–Trinajstić information content (AvgIpc) is 2.33. The van der Waals surface area contributed by atoms with E-state index in [1.54, 1.807) is 20.0 Å². The Morgan fingerprint density at radius 2 is 2.12 bits per heavy atom. The maximum atomic E-state index is 13.4. The highest BCUT2D eigenvalue weighted by Gasteiger charge is 2.17. The van der Waals surface area contributed by atoms with E-state index in [4.69, 9.17) is 0 Å². The van der Waals surface area contributed by atoms with Crippen LogP contribution in [-0.4, -0.2) is 7.05 Å². The molecule has 0 heterocycles. The van der Waals surface area contributed by atoms with Gasteiger partial charge in [0.25, 0.3) is 0 Å². The molecule has 0 aromatic heterocycles. The maximum absolute atomic E-state index is 13.4. The predicted octanol–water partition coefficient (Wildman–Crippen LogP) is 3.79. The quantitative estimate of drug-likeness (QED) is 0.659. The van der Waals surface area contributed by atoms with E-state index in [1.807, 2.05) is 0 Å². The van der Waals surface area contributed by atoms with Crippen LogP contribution in [0.3, 0.4) is 0 Å². The van der Waals surface area contributed by atoms with Crippen LogP contribution >= 0.6 is 15.9 Å². The molecule has 1 aromatic carbocycles. The molecule has 1 aromatic rings. The van der Waals surface area contributed by atoms with E-state index in [9.17, 15) is 8.78 Å². The van der Waals surface area contributed by atoms with Gasteiger partial charge in [-0.05, 0) is 48.0 Å². The molecular weight excluding hydrogens is 288 g/mol. The third-order valence-corrected chi connectivity index (χ3v) is 3.33. The molecule has 17 heavy (non-hydrogen) atoms. The summed E-state index contributed by atoms with van der Waals surface area (Å²) in [7, 11) is 1.79. The Labute approximate surface area is 109 Å². The lowest BCUT2D eigenvalue weighted by atomic mass is 10.0. The van der Waals surface area contributed by atoms with Crippen LogP contribution in [0.2, 0.25) is 0 Å². The third-order valence-electron chi connectivity index (χ3n) is 2.52. The highest BCUT2D eigenvalue weighted by Crippen LogP contribution is 2.29. The Kier molecular flexibility index (Phi) is 5.60. The van der Waals surface area contributed by atoms with Crippen LogP contribution in [0.1, 0.15) is 31.4 Å². The minimum atomic E-state index is -0.844. The molecule has 1 atom stereocenters. The maximum Gasteiger partial charge on any atom is 0.173 e. The molecule has 0 aliphatic carbocycles. The van der Waals surface area contributed by atoms with Gasteiger partial charge >= 0.3 is 0 Å². The second-order valence-electron chi connectivity index (χ2n) is 3.57. The van der Waals surface area contributed by atoms with E-state index in [-0.39, 0.29) is 10.5 Å². The van der Waals surface area contributed by atoms with Crippen molar-refractivity contribution in [3.63, 3.8) is 0 Å². The molecule has 0 amide bonds. The van der Waals surface area contributed by atoms with Gasteiger partial charge in [0.05, 0.1) is 4.47 Å². The summed E-state index contributed by atoms with van der Waals surface area (Å²) >= 11 is 3.09. The first-order valence-corrected chi connectivity index (χ1v) is 6.11. The minimum Gasteiger partial charge on any atom is -0.313 e. The molecule has 0 bridgehead atoms. The second kappa shape index (κ2) is 6.73. The van der Waals surface area contributed by atoms with Gasteiger partial charge in [-0.15, -0.1) is 11.8 Å². The standard InChI is InChI=1S/C13H14BrF2N/c1-3-4-5-6-11(17-2)9-7-8-10(15)13(16)12(9)14/h7-8,11,17H,5-6H2,1-2H3. The second-order valence-corrected chi connectivity index (χ2v) is 4.36. The van der Waals surface area contributed by atoms with Gasteiger partial charge in [0.2, 0.25) is 0 Å². The molecule has 1 N–H and O–H groups in total. The Balaban J connectivity index is 2.94. The van der Waals surface area contributed by atoms with E-state index in [0.29, 0.717) is 12.0 Å². The molecular formula is C13H14BrF2N. The number of benzene rings is 1. The smallest absolute Gasteiger partial charge is 0.173 e. The number of hydrogen-bond acceptors (Lipinski definition) is 1. The Bertz CT molecular complexity index is 449. The highest BCUT2D eigenvalue weighted by molar-refractivity contribution is 9.10. The first kappa shape index (κ1) is 14.1. The van der Waals surface area contributed by atoms with E-state index in [0.717, 1.165) is 12.5 Å². The van der Waals surface area contributed by atoms with Crippen LogP contribution in [0.4, 0.5) is 8.78 Å². The number of hydrogen-bond donors (Lipinski definition) is 1. The van der Waals surface area contributed by atoms with Crippen molar-refractivity contribution in [1.82, 2.24) is 5.32 Å². The lowest BCUT2D eigenvalue weighted by Gasteiger charge is -2.17. The zero-order valence-electron chi connectivity index (χ0n) is 9.78. The monoisotopic (exact) mass is 301 g/mol. The van der Waals surface area contributed by atoms with E-state index in [2.05, 4.69) is 33.1 Å². The van der Waals surface area contributed by atoms with E-state index in [1.165, 1.54) is 0 Å². The molecule has 1 unspecified atom stereocenters. The van der Waals surface area contributed by atoms with Crippen molar-refractivity contribution in [2.75, 3.05) is 7.05 Å². The first-order chi connectivity index (χ1) is 8.11. The van der Waals surface area contributed by atoms with Crippen molar-refractivity contribution in [2.45, 2.75) is 25.8 Å². The average molecular weight is 302 g/mol. The molecule has 4 heteroatoms. The fourth-order valence-electron chi connectivity index (χ4n) is 1.61. The molecule has 0 spiro atoms. The van der Waals surface area contributed by atoms with Gasteiger partial charge in [-0.1, -0.05) is 6.07 Å². The predicted molar refractivity (Wildman–Crippen MR) is 68.5 cm³/mol. The van der Waals surface area contributed by atoms with Crippen molar-refractivity contribution in [3.05, 3.63) is 33.8 Å². The van der Waals surface area contributed by atoms with Gasteiger partial charge in [-0.25, -0.2) is 8.78 Å². The summed E-state index contributed by atoms with van der Waals surface area (Å²) in [6, 6.07) is 2.69. The molecule has 92 valence electrons. The Hall–Kier alpha value is -0.920. The summed E-state index contributed by atoms with van der Waals surface area (Å²) in [5.41, 5.74) is 0.712. The Morgan fingerprint density at radius 1 is 1.41 bits per heavy atom. The molecule has 1 rings (SSSR count). The molecule has 0 saturated carbocycles. The van der Waals surface area contributed by atoms with Crippen LogP contribution < -0.4 is 5.32 Å². The van der Waals surface area contributed by atoms with Gasteiger partial charge in [0, 0.05) is 12.5 Å². The van der Waals surface area contributed by atoms with Crippen LogP contribution in [0.5, 0.6) is 0 Å². The van der Waals surface area contributed by atoms with Crippen molar-refractivity contribution in [2.24, 2.45) is 0 Å². The Morgan fingerprint density at radius 3 is 2.71 bits per heavy atom. The zero-order chi connectivity index (χ0) is 12.8. The minimum absolute atomic E-state index is 0.0414. The van der Waals surface area contributed by atoms with Crippen LogP contribution in [0.15, 0.2) is 16.6 Å². The molecule has 0 saturated heterocycles. The summed E-state index contributed by atoms with van der Waals surface area (Å²) in [6.07, 6.45) is 1.47. The zero-order valence-corrected chi connectivity index (χ0v) is 11.4. The molecule has 0 aliphatic rings. The fraction of sp³-hybridized carbons (Fsp3) is 0.385. The number of nitrogens with one attached hydrogen (secondary N) is 1. The van der Waals surface area contributed by atoms with Gasteiger partial charge in [0.1, 0.15) is 0 Å². The largest absolute Gasteiger partial charge is 0.313 e. The highest BCUT2D eigenvalue weighted by atomic mass is 79.9. The summed E-state index contributed by atoms with van der Waals surface area (Å²) < 4.78 is 26.6. The number of halogens is 3. The molecule has 1 nitrogen and oxygen atoms in total. The first-order valence-electron chi connectivity index (χ1n) is 5.32. The van der Waals surface area contributed by atoms with Gasteiger partial charge in [-0.2, -0.15) is 0 Å². The van der Waals surface area contributed by atoms with Gasteiger partial charge in [-0.3, -0.25) is 0 Å². The van der Waals surface area contributed by atoms with Crippen LogP contribution in [0, 0.1) is 23.5 Å². The van der Waals surface area contributed by atoms with Crippen LogP contribution in [0.25, 0.3) is 0 Å². The lowest BCUT2D eigenvalue weighted by Crippen LogP contribution is -2.17. The molecule has 0 radical (unpaired) electrons. The molecule has 0 fully saturated rings. The van der Waals surface area contributed by atoms with E-state index >= 15 is 0 Å². The summed E-state index contributed by atoms with van der Waals surface area (Å²) in [5, 5.41) is 3.08. The summed E-state index contributed by atoms with van der Waals surface area (Å²) in [6.45, 7) is 1.78. The third kappa shape index (κ3) is 3.52. The topological polar surface area (TPSA) is 12.0 Å². The van der Waals surface area contributed by atoms with Crippen molar-refractivity contribution < 1.29 is 8.78 Å². The fourth-order valence-corrected chi connectivity index (χ4v) is 2.20. The van der Waals surface area contributed by atoms with Gasteiger partial charge in [0.15, 0.2) is 11.6 Å². The lowest BCUT2D eigenvalue weighted by molar-refractivity contribution is 0.492.